The summed E-state index contributed by atoms with van der Waals surface area (Å²) >= 11 is 0. The fraction of sp³-hybridized carbons (Fsp3) is 1.00. The van der Waals surface area contributed by atoms with Gasteiger partial charge in [0.25, 0.3) is 0 Å². The minimum Gasteiger partial charge on any atom is -0.378 e. The zero-order valence-electron chi connectivity index (χ0n) is 11.0. The Bertz CT molecular complexity index is 155. The van der Waals surface area contributed by atoms with Crippen molar-refractivity contribution in [2.75, 3.05) is 13.1 Å². The van der Waals surface area contributed by atoms with Gasteiger partial charge in [-0.15, -0.1) is 0 Å². The molecule has 0 aromatic carbocycles. The molecule has 0 bridgehead atoms. The molecule has 1 atom stereocenters. The molecule has 1 saturated heterocycles. The summed E-state index contributed by atoms with van der Waals surface area (Å²) in [5.41, 5.74) is 0. The highest BCUT2D eigenvalue weighted by Crippen LogP contribution is 2.15. The fourth-order valence-electron chi connectivity index (χ4n) is 2.51. The summed E-state index contributed by atoms with van der Waals surface area (Å²) < 4.78 is 0. The number of likely N-dealkylation sites (tertiary alicyclic amines) is 1. The Morgan fingerprint density at radius 2 is 1.50 bits per heavy atom. The second-order valence-corrected chi connectivity index (χ2v) is 5.13. The molecule has 0 radical (unpaired) electrons. The maximum atomic E-state index is 9.92. The molecule has 1 heterocycles. The summed E-state index contributed by atoms with van der Waals surface area (Å²) in [5, 5.41) is 9.92. The molecule has 1 fully saturated rings. The monoisotopic (exact) mass is 227 g/mol. The standard InChI is InChI=1S/C14H29NO/c1-2-3-4-5-6-7-8-11-14(16)15-12-9-10-13-15/h14,16H,2-13H2,1H3. The van der Waals surface area contributed by atoms with E-state index in [-0.39, 0.29) is 6.23 Å². The number of nitrogens with zero attached hydrogens (tertiary/aromatic N) is 1. The second-order valence-electron chi connectivity index (χ2n) is 5.13. The third kappa shape index (κ3) is 5.86. The average molecular weight is 227 g/mol. The van der Waals surface area contributed by atoms with Crippen LogP contribution in [0.15, 0.2) is 0 Å². The summed E-state index contributed by atoms with van der Waals surface area (Å²) in [4.78, 5) is 2.23. The highest BCUT2D eigenvalue weighted by atomic mass is 16.3. The Labute approximate surface area is 101 Å². The highest BCUT2D eigenvalue weighted by molar-refractivity contribution is 4.68. The number of rotatable bonds is 9. The van der Waals surface area contributed by atoms with Gasteiger partial charge >= 0.3 is 0 Å². The van der Waals surface area contributed by atoms with Crippen LogP contribution in [0.3, 0.4) is 0 Å². The molecule has 2 heteroatoms. The van der Waals surface area contributed by atoms with Gasteiger partial charge < -0.3 is 5.11 Å². The zero-order valence-corrected chi connectivity index (χ0v) is 11.0. The Morgan fingerprint density at radius 1 is 0.938 bits per heavy atom. The lowest BCUT2D eigenvalue weighted by Gasteiger charge is -2.22. The van der Waals surface area contributed by atoms with Gasteiger partial charge in [-0.05, 0) is 25.7 Å². The first-order chi connectivity index (χ1) is 7.84. The van der Waals surface area contributed by atoms with Crippen molar-refractivity contribution in [3.8, 4) is 0 Å². The first-order valence-corrected chi connectivity index (χ1v) is 7.26. The van der Waals surface area contributed by atoms with Gasteiger partial charge in [-0.25, -0.2) is 0 Å². The molecule has 96 valence electrons. The largest absolute Gasteiger partial charge is 0.378 e. The van der Waals surface area contributed by atoms with E-state index >= 15 is 0 Å². The van der Waals surface area contributed by atoms with Crippen molar-refractivity contribution in [1.82, 2.24) is 4.90 Å². The van der Waals surface area contributed by atoms with Crippen LogP contribution in [-0.2, 0) is 0 Å². The number of hydrogen-bond acceptors (Lipinski definition) is 2. The molecule has 1 aliphatic heterocycles. The van der Waals surface area contributed by atoms with E-state index < -0.39 is 0 Å². The van der Waals surface area contributed by atoms with Gasteiger partial charge in [0.05, 0.1) is 0 Å². The van der Waals surface area contributed by atoms with Crippen LogP contribution in [-0.4, -0.2) is 29.3 Å². The lowest BCUT2D eigenvalue weighted by atomic mass is 10.1. The van der Waals surface area contributed by atoms with E-state index in [0.717, 1.165) is 19.5 Å². The van der Waals surface area contributed by atoms with E-state index in [1.54, 1.807) is 0 Å². The van der Waals surface area contributed by atoms with E-state index in [2.05, 4.69) is 11.8 Å². The molecule has 1 N–H and O–H groups in total. The number of hydrogen-bond donors (Lipinski definition) is 1. The molecular formula is C14H29NO. The Morgan fingerprint density at radius 3 is 2.12 bits per heavy atom. The van der Waals surface area contributed by atoms with Gasteiger partial charge in [-0.1, -0.05) is 45.4 Å². The average Bonchev–Trinajstić information content (AvgIpc) is 2.81. The van der Waals surface area contributed by atoms with Crippen molar-refractivity contribution in [1.29, 1.82) is 0 Å². The predicted molar refractivity (Wildman–Crippen MR) is 69.4 cm³/mol. The molecule has 0 spiro atoms. The topological polar surface area (TPSA) is 23.5 Å². The molecule has 0 saturated carbocycles. The van der Waals surface area contributed by atoms with Crippen LogP contribution >= 0.6 is 0 Å². The Hall–Kier alpha value is -0.0800. The summed E-state index contributed by atoms with van der Waals surface area (Å²) in [5.74, 6) is 0. The van der Waals surface area contributed by atoms with Crippen LogP contribution in [0.1, 0.15) is 71.1 Å². The third-order valence-electron chi connectivity index (χ3n) is 3.63. The van der Waals surface area contributed by atoms with Crippen LogP contribution in [0.5, 0.6) is 0 Å². The molecular weight excluding hydrogens is 198 g/mol. The summed E-state index contributed by atoms with van der Waals surface area (Å²) in [6, 6.07) is 0. The van der Waals surface area contributed by atoms with E-state index in [1.807, 2.05) is 0 Å². The maximum absolute atomic E-state index is 9.92. The van der Waals surface area contributed by atoms with Gasteiger partial charge in [-0.3, -0.25) is 4.90 Å². The third-order valence-corrected chi connectivity index (χ3v) is 3.63. The van der Waals surface area contributed by atoms with Crippen molar-refractivity contribution < 1.29 is 5.11 Å². The van der Waals surface area contributed by atoms with Crippen LogP contribution in [0.25, 0.3) is 0 Å². The van der Waals surface area contributed by atoms with Crippen molar-refractivity contribution in [2.24, 2.45) is 0 Å². The molecule has 2 nitrogen and oxygen atoms in total. The van der Waals surface area contributed by atoms with Crippen molar-refractivity contribution in [3.63, 3.8) is 0 Å². The molecule has 16 heavy (non-hydrogen) atoms. The maximum Gasteiger partial charge on any atom is 0.107 e. The minimum absolute atomic E-state index is 0.154. The second kappa shape index (κ2) is 9.00. The van der Waals surface area contributed by atoms with E-state index in [0.29, 0.717) is 0 Å². The summed E-state index contributed by atoms with van der Waals surface area (Å²) in [6.45, 7) is 4.47. The highest BCUT2D eigenvalue weighted by Gasteiger charge is 2.18. The quantitative estimate of drug-likeness (QED) is 0.609. The molecule has 1 unspecified atom stereocenters. The van der Waals surface area contributed by atoms with Gasteiger partial charge in [0, 0.05) is 13.1 Å². The zero-order chi connectivity index (χ0) is 11.6. The van der Waals surface area contributed by atoms with Crippen LogP contribution in [0.4, 0.5) is 0 Å². The molecule has 0 aliphatic carbocycles. The van der Waals surface area contributed by atoms with Gasteiger partial charge in [-0.2, -0.15) is 0 Å². The first-order valence-electron chi connectivity index (χ1n) is 7.26. The van der Waals surface area contributed by atoms with E-state index in [1.165, 1.54) is 57.8 Å². The number of aliphatic hydroxyl groups is 1. The van der Waals surface area contributed by atoms with Crippen LogP contribution < -0.4 is 0 Å². The van der Waals surface area contributed by atoms with Gasteiger partial charge in [0.15, 0.2) is 0 Å². The minimum atomic E-state index is -0.154. The Kier molecular flexibility index (Phi) is 7.87. The molecule has 0 amide bonds. The predicted octanol–water partition coefficient (Wildman–Crippen LogP) is 3.54. The van der Waals surface area contributed by atoms with Crippen LogP contribution in [0, 0.1) is 0 Å². The number of unbranched alkanes of at least 4 members (excludes halogenated alkanes) is 6. The molecule has 0 aromatic rings. The summed E-state index contributed by atoms with van der Waals surface area (Å²) in [7, 11) is 0. The van der Waals surface area contributed by atoms with E-state index in [4.69, 9.17) is 0 Å². The molecule has 0 aromatic heterocycles. The lowest BCUT2D eigenvalue weighted by Crippen LogP contribution is -2.32. The lowest BCUT2D eigenvalue weighted by molar-refractivity contribution is 0.0121. The SMILES string of the molecule is CCCCCCCCCC(O)N1CCCC1. The Balaban J connectivity index is 1.86. The first kappa shape index (κ1) is 14.0. The van der Waals surface area contributed by atoms with Crippen LogP contribution in [0.2, 0.25) is 0 Å². The van der Waals surface area contributed by atoms with Crippen molar-refractivity contribution in [2.45, 2.75) is 77.4 Å². The van der Waals surface area contributed by atoms with Crippen molar-refractivity contribution >= 4 is 0 Å². The van der Waals surface area contributed by atoms with E-state index in [9.17, 15) is 5.11 Å². The fourth-order valence-corrected chi connectivity index (χ4v) is 2.51. The van der Waals surface area contributed by atoms with Crippen molar-refractivity contribution in [3.05, 3.63) is 0 Å². The normalized spacial score (nSPS) is 19.1. The molecule has 1 rings (SSSR count). The molecule has 1 aliphatic rings. The van der Waals surface area contributed by atoms with Gasteiger partial charge in [0.1, 0.15) is 6.23 Å². The summed E-state index contributed by atoms with van der Waals surface area (Å²) in [6.07, 6.45) is 12.7. The van der Waals surface area contributed by atoms with Gasteiger partial charge in [0.2, 0.25) is 0 Å². The number of aliphatic hydroxyl groups excluding tert-OH is 1. The smallest absolute Gasteiger partial charge is 0.107 e.